The van der Waals surface area contributed by atoms with Crippen molar-refractivity contribution in [3.63, 3.8) is 0 Å². The largest absolute Gasteiger partial charge is 0.480 e. The maximum Gasteiger partial charge on any atom is 0.325 e. The van der Waals surface area contributed by atoms with E-state index in [1.165, 1.54) is 13.2 Å². The lowest BCUT2D eigenvalue weighted by atomic mass is 10.3. The molecule has 0 unspecified atom stereocenters. The average molecular weight is 262 g/mol. The van der Waals surface area contributed by atoms with E-state index in [9.17, 15) is 9.59 Å². The number of carbonyl (C=O) groups is 2. The van der Waals surface area contributed by atoms with Crippen LogP contribution in [0.4, 0.5) is 0 Å². The van der Waals surface area contributed by atoms with Gasteiger partial charge in [-0.15, -0.1) is 0 Å². The monoisotopic (exact) mass is 261 g/mol. The van der Waals surface area contributed by atoms with Gasteiger partial charge in [0.1, 0.15) is 6.04 Å². The molecule has 1 atom stereocenters. The van der Waals surface area contributed by atoms with E-state index in [0.29, 0.717) is 4.47 Å². The summed E-state index contributed by atoms with van der Waals surface area (Å²) in [4.78, 5) is 21.8. The Morgan fingerprint density at radius 3 is 2.71 bits per heavy atom. The third-order valence-electron chi connectivity index (χ3n) is 1.54. The van der Waals surface area contributed by atoms with Crippen LogP contribution in [0.2, 0.25) is 0 Å². The van der Waals surface area contributed by atoms with E-state index in [1.54, 1.807) is 6.07 Å². The molecule has 5 nitrogen and oxygen atoms in total. The highest BCUT2D eigenvalue weighted by molar-refractivity contribution is 9.10. The van der Waals surface area contributed by atoms with Crippen molar-refractivity contribution in [1.82, 2.24) is 5.32 Å². The summed E-state index contributed by atoms with van der Waals surface area (Å²) in [7, 11) is 0. The van der Waals surface area contributed by atoms with E-state index in [2.05, 4.69) is 21.2 Å². The molecule has 0 saturated carbocycles. The van der Waals surface area contributed by atoms with E-state index in [-0.39, 0.29) is 5.76 Å². The van der Waals surface area contributed by atoms with E-state index in [1.807, 2.05) is 0 Å². The third kappa shape index (κ3) is 2.35. The Morgan fingerprint density at radius 2 is 2.29 bits per heavy atom. The Morgan fingerprint density at radius 1 is 1.64 bits per heavy atom. The summed E-state index contributed by atoms with van der Waals surface area (Å²) in [5.41, 5.74) is 0. The molecule has 0 aromatic carbocycles. The highest BCUT2D eigenvalue weighted by Gasteiger charge is 2.19. The van der Waals surface area contributed by atoms with Gasteiger partial charge in [-0.3, -0.25) is 9.59 Å². The van der Waals surface area contributed by atoms with Crippen LogP contribution in [-0.2, 0) is 4.79 Å². The number of halogens is 1. The summed E-state index contributed by atoms with van der Waals surface area (Å²) in [5, 5.41) is 10.8. The number of hydrogen-bond donors (Lipinski definition) is 2. The van der Waals surface area contributed by atoms with Crippen LogP contribution in [-0.4, -0.2) is 23.0 Å². The lowest BCUT2D eigenvalue weighted by molar-refractivity contribution is -0.138. The van der Waals surface area contributed by atoms with Crippen molar-refractivity contribution in [2.75, 3.05) is 0 Å². The third-order valence-corrected chi connectivity index (χ3v) is 2.17. The number of amides is 1. The van der Waals surface area contributed by atoms with Crippen LogP contribution in [0.25, 0.3) is 0 Å². The topological polar surface area (TPSA) is 79.5 Å². The Bertz CT molecular complexity index is 360. The molecule has 0 bridgehead atoms. The van der Waals surface area contributed by atoms with E-state index in [0.717, 1.165) is 0 Å². The Kier molecular flexibility index (Phi) is 3.29. The Labute approximate surface area is 88.2 Å². The van der Waals surface area contributed by atoms with Gasteiger partial charge >= 0.3 is 5.97 Å². The molecule has 76 valence electrons. The number of carbonyl (C=O) groups excluding carboxylic acids is 1. The SMILES string of the molecule is C[C@H](NC(=O)c1occc1Br)C(=O)O. The van der Waals surface area contributed by atoms with Gasteiger partial charge < -0.3 is 14.8 Å². The van der Waals surface area contributed by atoms with Crippen molar-refractivity contribution in [2.24, 2.45) is 0 Å². The zero-order valence-electron chi connectivity index (χ0n) is 7.28. The molecule has 1 aromatic heterocycles. The molecule has 14 heavy (non-hydrogen) atoms. The number of hydrogen-bond acceptors (Lipinski definition) is 3. The van der Waals surface area contributed by atoms with Gasteiger partial charge in [0.2, 0.25) is 5.76 Å². The fourth-order valence-electron chi connectivity index (χ4n) is 0.780. The Balaban J connectivity index is 2.69. The molecule has 6 heteroatoms. The second-order valence-electron chi connectivity index (χ2n) is 2.63. The summed E-state index contributed by atoms with van der Waals surface area (Å²) in [5.74, 6) is -1.59. The highest BCUT2D eigenvalue weighted by atomic mass is 79.9. The van der Waals surface area contributed by atoms with Crippen molar-refractivity contribution < 1.29 is 19.1 Å². The molecule has 0 spiro atoms. The first kappa shape index (κ1) is 10.8. The molecule has 1 rings (SSSR count). The minimum Gasteiger partial charge on any atom is -0.480 e. The van der Waals surface area contributed by atoms with Crippen LogP contribution in [0.15, 0.2) is 21.2 Å². The van der Waals surface area contributed by atoms with Gasteiger partial charge in [0.05, 0.1) is 10.7 Å². The number of carboxylic acids is 1. The predicted molar refractivity (Wildman–Crippen MR) is 51.0 cm³/mol. The molecule has 0 aliphatic heterocycles. The van der Waals surface area contributed by atoms with Gasteiger partial charge in [0.25, 0.3) is 5.91 Å². The van der Waals surface area contributed by atoms with Crippen LogP contribution >= 0.6 is 15.9 Å². The summed E-state index contributed by atoms with van der Waals surface area (Å²) >= 11 is 3.09. The van der Waals surface area contributed by atoms with Gasteiger partial charge in [-0.05, 0) is 28.9 Å². The molecule has 1 heterocycles. The smallest absolute Gasteiger partial charge is 0.325 e. The lowest BCUT2D eigenvalue weighted by Gasteiger charge is -2.07. The lowest BCUT2D eigenvalue weighted by Crippen LogP contribution is -2.38. The molecule has 0 aliphatic rings. The van der Waals surface area contributed by atoms with Crippen LogP contribution < -0.4 is 5.32 Å². The standard InChI is InChI=1S/C8H8BrNO4/c1-4(8(12)13)10-7(11)6-5(9)2-3-14-6/h2-4H,1H3,(H,10,11)(H,12,13)/t4-/m0/s1. The molecule has 1 aromatic rings. The summed E-state index contributed by atoms with van der Waals surface area (Å²) in [6, 6.07) is 0.611. The van der Waals surface area contributed by atoms with Crippen LogP contribution in [0, 0.1) is 0 Å². The predicted octanol–water partition coefficient (Wildman–Crippen LogP) is 1.25. The molecule has 0 saturated heterocycles. The molecule has 0 aliphatic carbocycles. The Hall–Kier alpha value is -1.30. The fraction of sp³-hybridized carbons (Fsp3) is 0.250. The summed E-state index contributed by atoms with van der Waals surface area (Å²) in [6.45, 7) is 1.37. The summed E-state index contributed by atoms with van der Waals surface area (Å²) in [6.07, 6.45) is 1.34. The van der Waals surface area contributed by atoms with E-state index in [4.69, 9.17) is 9.52 Å². The van der Waals surface area contributed by atoms with Gasteiger partial charge in [-0.1, -0.05) is 0 Å². The van der Waals surface area contributed by atoms with E-state index < -0.39 is 17.9 Å². The second-order valence-corrected chi connectivity index (χ2v) is 3.49. The van der Waals surface area contributed by atoms with Crippen LogP contribution in [0.1, 0.15) is 17.5 Å². The van der Waals surface area contributed by atoms with Gasteiger partial charge in [0, 0.05) is 0 Å². The molecular weight excluding hydrogens is 254 g/mol. The fourth-order valence-corrected chi connectivity index (χ4v) is 1.16. The van der Waals surface area contributed by atoms with Crippen molar-refractivity contribution in [2.45, 2.75) is 13.0 Å². The first-order valence-corrected chi connectivity index (χ1v) is 4.58. The first-order valence-electron chi connectivity index (χ1n) is 3.79. The van der Waals surface area contributed by atoms with Crippen molar-refractivity contribution in [3.8, 4) is 0 Å². The maximum absolute atomic E-state index is 11.3. The van der Waals surface area contributed by atoms with Gasteiger partial charge in [0.15, 0.2) is 0 Å². The molecule has 0 fully saturated rings. The zero-order chi connectivity index (χ0) is 10.7. The maximum atomic E-state index is 11.3. The number of furan rings is 1. The minimum atomic E-state index is -1.10. The number of rotatable bonds is 3. The normalized spacial score (nSPS) is 12.1. The molecular formula is C8H8BrNO4. The zero-order valence-corrected chi connectivity index (χ0v) is 8.87. The minimum absolute atomic E-state index is 0.0677. The van der Waals surface area contributed by atoms with E-state index >= 15 is 0 Å². The quantitative estimate of drug-likeness (QED) is 0.858. The van der Waals surface area contributed by atoms with Gasteiger partial charge in [-0.2, -0.15) is 0 Å². The molecule has 0 radical (unpaired) electrons. The second kappa shape index (κ2) is 4.28. The molecule has 2 N–H and O–H groups in total. The van der Waals surface area contributed by atoms with Crippen molar-refractivity contribution in [1.29, 1.82) is 0 Å². The average Bonchev–Trinajstić information content (AvgIpc) is 2.51. The molecule has 1 amide bonds. The van der Waals surface area contributed by atoms with Crippen molar-refractivity contribution in [3.05, 3.63) is 22.6 Å². The summed E-state index contributed by atoms with van der Waals surface area (Å²) < 4.78 is 5.35. The van der Waals surface area contributed by atoms with Crippen molar-refractivity contribution >= 4 is 27.8 Å². The van der Waals surface area contributed by atoms with Gasteiger partial charge in [-0.25, -0.2) is 0 Å². The number of nitrogens with one attached hydrogen (secondary N) is 1. The highest BCUT2D eigenvalue weighted by Crippen LogP contribution is 2.17. The van der Waals surface area contributed by atoms with Crippen LogP contribution in [0.5, 0.6) is 0 Å². The van der Waals surface area contributed by atoms with Crippen LogP contribution in [0.3, 0.4) is 0 Å². The first-order chi connectivity index (χ1) is 6.52. The number of aliphatic carboxylic acids is 1. The number of carboxylic acid groups (broad SMARTS) is 1.